The SMILES string of the molecule is NC(=O)c1cc2cc(Oc3ccccc3)ccc2o1. The highest BCUT2D eigenvalue weighted by molar-refractivity contribution is 5.95. The predicted octanol–water partition coefficient (Wildman–Crippen LogP) is 3.32. The van der Waals surface area contributed by atoms with Crippen molar-refractivity contribution in [2.45, 2.75) is 0 Å². The van der Waals surface area contributed by atoms with Crippen LogP contribution in [0, 0.1) is 0 Å². The molecule has 0 aliphatic rings. The van der Waals surface area contributed by atoms with Gasteiger partial charge in [-0.2, -0.15) is 0 Å². The lowest BCUT2D eigenvalue weighted by molar-refractivity contribution is 0.0976. The molecule has 3 rings (SSSR count). The summed E-state index contributed by atoms with van der Waals surface area (Å²) in [6, 6.07) is 16.4. The summed E-state index contributed by atoms with van der Waals surface area (Å²) in [4.78, 5) is 11.0. The number of carbonyl (C=O) groups is 1. The lowest BCUT2D eigenvalue weighted by atomic mass is 10.2. The lowest BCUT2D eigenvalue weighted by Crippen LogP contribution is -2.08. The Bertz CT molecular complexity index is 731. The van der Waals surface area contributed by atoms with Crippen LogP contribution in [0.2, 0.25) is 0 Å². The van der Waals surface area contributed by atoms with E-state index >= 15 is 0 Å². The Morgan fingerprint density at radius 3 is 2.53 bits per heavy atom. The molecule has 19 heavy (non-hydrogen) atoms. The van der Waals surface area contributed by atoms with E-state index in [0.29, 0.717) is 11.3 Å². The van der Waals surface area contributed by atoms with Crippen molar-refractivity contribution in [2.75, 3.05) is 0 Å². The van der Waals surface area contributed by atoms with Crippen LogP contribution in [0.1, 0.15) is 10.6 Å². The summed E-state index contributed by atoms with van der Waals surface area (Å²) in [6.45, 7) is 0. The van der Waals surface area contributed by atoms with Crippen molar-refractivity contribution in [3.8, 4) is 11.5 Å². The second-order valence-electron chi connectivity index (χ2n) is 4.09. The van der Waals surface area contributed by atoms with Crippen LogP contribution in [0.4, 0.5) is 0 Å². The average molecular weight is 253 g/mol. The molecule has 0 spiro atoms. The standard InChI is InChI=1S/C15H11NO3/c16-15(17)14-9-10-8-12(6-7-13(10)19-14)18-11-4-2-1-3-5-11/h1-9H,(H2,16,17). The van der Waals surface area contributed by atoms with Crippen molar-refractivity contribution in [3.05, 3.63) is 60.4 Å². The fourth-order valence-electron chi connectivity index (χ4n) is 1.83. The van der Waals surface area contributed by atoms with Crippen molar-refractivity contribution in [1.29, 1.82) is 0 Å². The number of amides is 1. The quantitative estimate of drug-likeness (QED) is 0.778. The van der Waals surface area contributed by atoms with Gasteiger partial charge in [0, 0.05) is 5.39 Å². The predicted molar refractivity (Wildman–Crippen MR) is 71.2 cm³/mol. The van der Waals surface area contributed by atoms with Crippen LogP contribution in [0.3, 0.4) is 0 Å². The number of fused-ring (bicyclic) bond motifs is 1. The Balaban J connectivity index is 1.95. The average Bonchev–Trinajstić information content (AvgIpc) is 2.83. The normalized spacial score (nSPS) is 10.5. The molecular formula is C15H11NO3. The molecule has 3 aromatic rings. The number of benzene rings is 2. The first-order valence-electron chi connectivity index (χ1n) is 5.79. The van der Waals surface area contributed by atoms with Crippen LogP contribution in [-0.2, 0) is 0 Å². The zero-order valence-corrected chi connectivity index (χ0v) is 10.00. The Morgan fingerprint density at radius 1 is 1.00 bits per heavy atom. The van der Waals surface area contributed by atoms with Gasteiger partial charge in [-0.15, -0.1) is 0 Å². The second kappa shape index (κ2) is 4.49. The molecule has 94 valence electrons. The number of carbonyl (C=O) groups excluding carboxylic acids is 1. The third-order valence-electron chi connectivity index (χ3n) is 2.71. The number of nitrogens with two attached hydrogens (primary N) is 1. The van der Waals surface area contributed by atoms with Gasteiger partial charge in [-0.3, -0.25) is 4.79 Å². The molecule has 2 aromatic carbocycles. The summed E-state index contributed by atoms with van der Waals surface area (Å²) >= 11 is 0. The Morgan fingerprint density at radius 2 is 1.79 bits per heavy atom. The van der Waals surface area contributed by atoms with Gasteiger partial charge in [-0.05, 0) is 36.4 Å². The molecule has 1 aromatic heterocycles. The van der Waals surface area contributed by atoms with E-state index < -0.39 is 5.91 Å². The molecule has 2 N–H and O–H groups in total. The maximum Gasteiger partial charge on any atom is 0.284 e. The van der Waals surface area contributed by atoms with Crippen LogP contribution < -0.4 is 10.5 Å². The van der Waals surface area contributed by atoms with Gasteiger partial charge < -0.3 is 14.9 Å². The van der Waals surface area contributed by atoms with Crippen LogP contribution >= 0.6 is 0 Å². The van der Waals surface area contributed by atoms with E-state index in [9.17, 15) is 4.79 Å². The van der Waals surface area contributed by atoms with Gasteiger partial charge in [-0.25, -0.2) is 0 Å². The van der Waals surface area contributed by atoms with Gasteiger partial charge in [0.2, 0.25) is 0 Å². The summed E-state index contributed by atoms with van der Waals surface area (Å²) < 4.78 is 11.0. The van der Waals surface area contributed by atoms with Crippen molar-refractivity contribution in [2.24, 2.45) is 5.73 Å². The molecule has 1 heterocycles. The Kier molecular flexibility index (Phi) is 2.68. The third-order valence-corrected chi connectivity index (χ3v) is 2.71. The number of primary amides is 1. The first-order valence-corrected chi connectivity index (χ1v) is 5.79. The van der Waals surface area contributed by atoms with Crippen molar-refractivity contribution >= 4 is 16.9 Å². The van der Waals surface area contributed by atoms with Crippen molar-refractivity contribution in [1.82, 2.24) is 0 Å². The number of rotatable bonds is 3. The Labute approximate surface area is 109 Å². The molecule has 4 heteroatoms. The number of ether oxygens (including phenoxy) is 1. The van der Waals surface area contributed by atoms with E-state index in [1.807, 2.05) is 30.3 Å². The molecular weight excluding hydrogens is 242 g/mol. The lowest BCUT2D eigenvalue weighted by Gasteiger charge is -2.04. The van der Waals surface area contributed by atoms with E-state index in [-0.39, 0.29) is 5.76 Å². The highest BCUT2D eigenvalue weighted by atomic mass is 16.5. The summed E-state index contributed by atoms with van der Waals surface area (Å²) in [5, 5.41) is 0.780. The zero-order valence-electron chi connectivity index (χ0n) is 10.00. The van der Waals surface area contributed by atoms with Gasteiger partial charge in [0.15, 0.2) is 5.76 Å². The highest BCUT2D eigenvalue weighted by Crippen LogP contribution is 2.27. The largest absolute Gasteiger partial charge is 0.457 e. The van der Waals surface area contributed by atoms with Gasteiger partial charge in [-0.1, -0.05) is 18.2 Å². The third kappa shape index (κ3) is 2.28. The Hall–Kier alpha value is -2.75. The zero-order chi connectivity index (χ0) is 13.2. The maximum atomic E-state index is 11.0. The van der Waals surface area contributed by atoms with Crippen LogP contribution in [-0.4, -0.2) is 5.91 Å². The molecule has 0 radical (unpaired) electrons. The number of hydrogen-bond acceptors (Lipinski definition) is 3. The second-order valence-corrected chi connectivity index (χ2v) is 4.09. The topological polar surface area (TPSA) is 65.5 Å². The van der Waals surface area contributed by atoms with Crippen molar-refractivity contribution < 1.29 is 13.9 Å². The summed E-state index contributed by atoms with van der Waals surface area (Å²) in [5.74, 6) is 0.990. The molecule has 4 nitrogen and oxygen atoms in total. The van der Waals surface area contributed by atoms with E-state index in [1.165, 1.54) is 0 Å². The van der Waals surface area contributed by atoms with E-state index in [1.54, 1.807) is 24.3 Å². The molecule has 0 fully saturated rings. The van der Waals surface area contributed by atoms with E-state index in [0.717, 1.165) is 11.1 Å². The molecule has 0 bridgehead atoms. The van der Waals surface area contributed by atoms with Crippen LogP contribution in [0.5, 0.6) is 11.5 Å². The molecule has 0 aliphatic carbocycles. The maximum absolute atomic E-state index is 11.0. The monoisotopic (exact) mass is 253 g/mol. The van der Waals surface area contributed by atoms with Gasteiger partial charge in [0.05, 0.1) is 0 Å². The first-order chi connectivity index (χ1) is 9.22. The number of furan rings is 1. The number of para-hydroxylation sites is 1. The molecule has 0 saturated carbocycles. The van der Waals surface area contributed by atoms with Crippen LogP contribution in [0.25, 0.3) is 11.0 Å². The highest BCUT2D eigenvalue weighted by Gasteiger charge is 2.09. The minimum Gasteiger partial charge on any atom is -0.457 e. The summed E-state index contributed by atoms with van der Waals surface area (Å²) in [5.41, 5.74) is 5.78. The molecule has 1 amide bonds. The minimum absolute atomic E-state index is 0.145. The van der Waals surface area contributed by atoms with Gasteiger partial charge in [0.1, 0.15) is 17.1 Å². The summed E-state index contributed by atoms with van der Waals surface area (Å²) in [7, 11) is 0. The fourth-order valence-corrected chi connectivity index (χ4v) is 1.83. The summed E-state index contributed by atoms with van der Waals surface area (Å²) in [6.07, 6.45) is 0. The van der Waals surface area contributed by atoms with Gasteiger partial charge >= 0.3 is 0 Å². The molecule has 0 saturated heterocycles. The minimum atomic E-state index is -0.582. The smallest absolute Gasteiger partial charge is 0.284 e. The fraction of sp³-hybridized carbons (Fsp3) is 0. The van der Waals surface area contributed by atoms with E-state index in [4.69, 9.17) is 14.9 Å². The van der Waals surface area contributed by atoms with Gasteiger partial charge in [0.25, 0.3) is 5.91 Å². The number of hydrogen-bond donors (Lipinski definition) is 1. The van der Waals surface area contributed by atoms with Crippen molar-refractivity contribution in [3.63, 3.8) is 0 Å². The molecule has 0 aliphatic heterocycles. The molecule has 0 unspecified atom stereocenters. The van der Waals surface area contributed by atoms with E-state index in [2.05, 4.69) is 0 Å². The first kappa shape index (κ1) is 11.3. The molecule has 0 atom stereocenters. The van der Waals surface area contributed by atoms with Crippen LogP contribution in [0.15, 0.2) is 59.0 Å².